The van der Waals surface area contributed by atoms with Crippen molar-refractivity contribution >= 4 is 33.8 Å². The molecular weight excluding hydrogens is 350 g/mol. The number of halogens is 1. The number of morpholine rings is 1. The summed E-state index contributed by atoms with van der Waals surface area (Å²) in [5.41, 5.74) is 1.72. The molecule has 3 heterocycles. The van der Waals surface area contributed by atoms with Gasteiger partial charge in [0.25, 0.3) is 0 Å². The second kappa shape index (κ2) is 6.46. The minimum Gasteiger partial charge on any atom is -0.378 e. The molecule has 2 aromatic heterocycles. The average molecular weight is 364 g/mol. The topological polar surface area (TPSA) is 72.6 Å². The summed E-state index contributed by atoms with van der Waals surface area (Å²) in [4.78, 5) is 14.9. The van der Waals surface area contributed by atoms with E-state index in [0.717, 1.165) is 21.1 Å². The number of hydrogen-bond donors (Lipinski definition) is 0. The fourth-order valence-corrected chi connectivity index (χ4v) is 3.65. The summed E-state index contributed by atoms with van der Waals surface area (Å²) in [5.74, 6) is 0.0757. The molecule has 0 unspecified atom stereocenters. The molecule has 124 valence electrons. The molecular formula is C15H14ClN5O2S. The number of fused-ring (bicyclic) bond motifs is 1. The van der Waals surface area contributed by atoms with E-state index >= 15 is 0 Å². The van der Waals surface area contributed by atoms with Crippen molar-refractivity contribution in [2.45, 2.75) is 6.42 Å². The first-order valence-electron chi connectivity index (χ1n) is 7.52. The van der Waals surface area contributed by atoms with Crippen LogP contribution in [-0.4, -0.2) is 56.9 Å². The lowest BCUT2D eigenvalue weighted by Crippen LogP contribution is -2.41. The molecule has 1 saturated heterocycles. The normalized spacial score (nSPS) is 15.1. The quantitative estimate of drug-likeness (QED) is 0.710. The first kappa shape index (κ1) is 15.5. The zero-order valence-corrected chi connectivity index (χ0v) is 14.3. The van der Waals surface area contributed by atoms with E-state index in [1.54, 1.807) is 10.8 Å². The lowest BCUT2D eigenvalue weighted by atomic mass is 10.1. The van der Waals surface area contributed by atoms with Crippen LogP contribution in [0.5, 0.6) is 0 Å². The van der Waals surface area contributed by atoms with Gasteiger partial charge in [-0.2, -0.15) is 9.61 Å². The van der Waals surface area contributed by atoms with Gasteiger partial charge in [-0.05, 0) is 11.6 Å². The highest BCUT2D eigenvalue weighted by Crippen LogP contribution is 2.29. The molecule has 3 aromatic rings. The molecule has 0 aliphatic carbocycles. The lowest BCUT2D eigenvalue weighted by Gasteiger charge is -2.27. The summed E-state index contributed by atoms with van der Waals surface area (Å²) in [6.07, 6.45) is 1.86. The number of rotatable bonds is 3. The maximum atomic E-state index is 12.3. The Morgan fingerprint density at radius 2 is 2.17 bits per heavy atom. The van der Waals surface area contributed by atoms with Crippen LogP contribution in [0.3, 0.4) is 0 Å². The van der Waals surface area contributed by atoms with Crippen LogP contribution in [0.25, 0.3) is 15.5 Å². The van der Waals surface area contributed by atoms with E-state index in [2.05, 4.69) is 15.3 Å². The third-order valence-corrected chi connectivity index (χ3v) is 5.21. The van der Waals surface area contributed by atoms with Crippen LogP contribution < -0.4 is 0 Å². The second-order valence-corrected chi connectivity index (χ2v) is 6.80. The fourth-order valence-electron chi connectivity index (χ4n) is 2.59. The monoisotopic (exact) mass is 363 g/mol. The van der Waals surface area contributed by atoms with E-state index in [0.29, 0.717) is 37.7 Å². The third kappa shape index (κ3) is 3.00. The predicted octanol–water partition coefficient (Wildman–Crippen LogP) is 1.91. The highest BCUT2D eigenvalue weighted by molar-refractivity contribution is 7.19. The highest BCUT2D eigenvalue weighted by Gasteiger charge is 2.18. The van der Waals surface area contributed by atoms with Crippen LogP contribution in [0, 0.1) is 0 Å². The van der Waals surface area contributed by atoms with Crippen LogP contribution in [0.2, 0.25) is 5.02 Å². The van der Waals surface area contributed by atoms with E-state index in [9.17, 15) is 4.79 Å². The second-order valence-electron chi connectivity index (χ2n) is 5.44. The minimum absolute atomic E-state index is 0.0757. The van der Waals surface area contributed by atoms with Crippen molar-refractivity contribution in [3.8, 4) is 10.6 Å². The van der Waals surface area contributed by atoms with Gasteiger partial charge in [0.05, 0.1) is 19.6 Å². The Hall–Kier alpha value is -2.03. The highest BCUT2D eigenvalue weighted by atomic mass is 35.5. The van der Waals surface area contributed by atoms with Crippen LogP contribution in [0.4, 0.5) is 0 Å². The number of carbonyl (C=O) groups excluding carboxylic acids is 1. The van der Waals surface area contributed by atoms with E-state index in [4.69, 9.17) is 16.3 Å². The first-order valence-corrected chi connectivity index (χ1v) is 8.71. The van der Waals surface area contributed by atoms with E-state index in [1.165, 1.54) is 11.3 Å². The Morgan fingerprint density at radius 3 is 2.92 bits per heavy atom. The summed E-state index contributed by atoms with van der Waals surface area (Å²) in [5, 5.41) is 13.6. The smallest absolute Gasteiger partial charge is 0.234 e. The van der Waals surface area contributed by atoms with Crippen molar-refractivity contribution in [2.75, 3.05) is 26.3 Å². The Morgan fingerprint density at radius 1 is 1.33 bits per heavy atom. The van der Waals surface area contributed by atoms with Gasteiger partial charge in [0.2, 0.25) is 10.9 Å². The standard InChI is InChI=1S/C15H14ClN5O2S/c16-12-7-11(14-19-21-9-17-18-15(21)24-14)2-1-10(12)8-13(22)20-3-5-23-6-4-20/h1-2,7,9H,3-6,8H2. The molecule has 4 rings (SSSR count). The van der Waals surface area contributed by atoms with Crippen LogP contribution in [0.15, 0.2) is 24.5 Å². The van der Waals surface area contributed by atoms with Gasteiger partial charge in [0.1, 0.15) is 11.3 Å². The molecule has 0 spiro atoms. The molecule has 9 heteroatoms. The SMILES string of the molecule is O=C(Cc1ccc(-c2nn3cnnc3s2)cc1Cl)N1CCOCC1. The van der Waals surface area contributed by atoms with Crippen molar-refractivity contribution in [3.05, 3.63) is 35.1 Å². The number of ether oxygens (including phenoxy) is 1. The van der Waals surface area contributed by atoms with Crippen molar-refractivity contribution < 1.29 is 9.53 Å². The molecule has 0 bridgehead atoms. The number of nitrogens with zero attached hydrogens (tertiary/aromatic N) is 5. The molecule has 1 amide bonds. The summed E-state index contributed by atoms with van der Waals surface area (Å²) < 4.78 is 6.90. The van der Waals surface area contributed by atoms with Gasteiger partial charge < -0.3 is 9.64 Å². The summed E-state index contributed by atoms with van der Waals surface area (Å²) in [6, 6.07) is 5.66. The minimum atomic E-state index is 0.0757. The Balaban J connectivity index is 1.53. The van der Waals surface area contributed by atoms with Gasteiger partial charge in [-0.3, -0.25) is 4.79 Å². The predicted molar refractivity (Wildman–Crippen MR) is 90.2 cm³/mol. The Kier molecular flexibility index (Phi) is 4.17. The molecule has 24 heavy (non-hydrogen) atoms. The number of carbonyl (C=O) groups is 1. The van der Waals surface area contributed by atoms with Gasteiger partial charge >= 0.3 is 0 Å². The first-order chi connectivity index (χ1) is 11.7. The maximum Gasteiger partial charge on any atom is 0.234 e. The van der Waals surface area contributed by atoms with Crippen molar-refractivity contribution in [2.24, 2.45) is 0 Å². The molecule has 0 saturated carbocycles. The van der Waals surface area contributed by atoms with Crippen LogP contribution in [-0.2, 0) is 16.0 Å². The van der Waals surface area contributed by atoms with Gasteiger partial charge in [0.15, 0.2) is 0 Å². The van der Waals surface area contributed by atoms with Gasteiger partial charge in [-0.15, -0.1) is 10.2 Å². The molecule has 1 aliphatic rings. The van der Waals surface area contributed by atoms with Crippen molar-refractivity contribution in [3.63, 3.8) is 0 Å². The molecule has 0 atom stereocenters. The van der Waals surface area contributed by atoms with Crippen molar-refractivity contribution in [1.82, 2.24) is 24.7 Å². The molecule has 1 aromatic carbocycles. The molecule has 1 aliphatic heterocycles. The molecule has 1 fully saturated rings. The van der Waals surface area contributed by atoms with Crippen LogP contribution in [0.1, 0.15) is 5.56 Å². The number of hydrogen-bond acceptors (Lipinski definition) is 6. The zero-order chi connectivity index (χ0) is 16.5. The van der Waals surface area contributed by atoms with Gasteiger partial charge in [-0.25, -0.2) is 0 Å². The van der Waals surface area contributed by atoms with Gasteiger partial charge in [-0.1, -0.05) is 35.1 Å². The molecule has 7 nitrogen and oxygen atoms in total. The van der Waals surface area contributed by atoms with Crippen molar-refractivity contribution in [1.29, 1.82) is 0 Å². The Labute approximate surface area is 146 Å². The number of benzene rings is 1. The summed E-state index contributed by atoms with van der Waals surface area (Å²) >= 11 is 7.82. The van der Waals surface area contributed by atoms with Crippen LogP contribution >= 0.6 is 22.9 Å². The largest absolute Gasteiger partial charge is 0.378 e. The van der Waals surface area contributed by atoms with E-state index < -0.39 is 0 Å². The maximum absolute atomic E-state index is 12.3. The number of amides is 1. The van der Waals surface area contributed by atoms with Gasteiger partial charge in [0, 0.05) is 23.7 Å². The Bertz CT molecular complexity index is 859. The molecule has 0 radical (unpaired) electrons. The fraction of sp³-hybridized carbons (Fsp3) is 0.333. The third-order valence-electron chi connectivity index (χ3n) is 3.89. The average Bonchev–Trinajstić information content (AvgIpc) is 3.19. The molecule has 0 N–H and O–H groups in total. The van der Waals surface area contributed by atoms with E-state index in [1.807, 2.05) is 23.1 Å². The van der Waals surface area contributed by atoms with E-state index in [-0.39, 0.29) is 5.91 Å². The number of aromatic nitrogens is 4. The summed E-state index contributed by atoms with van der Waals surface area (Å²) in [6.45, 7) is 2.47. The zero-order valence-electron chi connectivity index (χ0n) is 12.7. The summed E-state index contributed by atoms with van der Waals surface area (Å²) in [7, 11) is 0. The lowest BCUT2D eigenvalue weighted by molar-refractivity contribution is -0.134.